The number of rotatable bonds is 6. The zero-order valence-corrected chi connectivity index (χ0v) is 20.3. The van der Waals surface area contributed by atoms with Crippen LogP contribution in [0.5, 0.6) is 0 Å². The monoisotopic (exact) mass is 505 g/mol. The Hall–Kier alpha value is -2.76. The Kier molecular flexibility index (Phi) is 6.30. The highest BCUT2D eigenvalue weighted by Crippen LogP contribution is 2.40. The number of piperidine rings is 1. The number of nitrogens with two attached hydrogens (primary N) is 1. The number of benzene rings is 2. The van der Waals surface area contributed by atoms with Crippen molar-refractivity contribution < 1.29 is 21.6 Å². The molecule has 0 unspecified atom stereocenters. The Labute approximate surface area is 196 Å². The van der Waals surface area contributed by atoms with E-state index in [2.05, 4.69) is 4.98 Å². The van der Waals surface area contributed by atoms with Gasteiger partial charge in [-0.05, 0) is 44.0 Å². The summed E-state index contributed by atoms with van der Waals surface area (Å²) in [5.41, 5.74) is 6.32. The van der Waals surface area contributed by atoms with Gasteiger partial charge in [0.1, 0.15) is 5.00 Å². The molecule has 3 aromatic rings. The van der Waals surface area contributed by atoms with Gasteiger partial charge in [-0.25, -0.2) is 21.8 Å². The molecule has 1 amide bonds. The van der Waals surface area contributed by atoms with Gasteiger partial charge in [-0.3, -0.25) is 4.79 Å². The molecule has 0 atom stereocenters. The molecule has 0 spiro atoms. The highest BCUT2D eigenvalue weighted by molar-refractivity contribution is 7.94. The van der Waals surface area contributed by atoms with Gasteiger partial charge < -0.3 is 10.6 Å². The number of amides is 1. The van der Waals surface area contributed by atoms with Crippen LogP contribution in [0.4, 0.5) is 5.00 Å². The lowest BCUT2D eigenvalue weighted by atomic mass is 9.96. The van der Waals surface area contributed by atoms with Crippen molar-refractivity contribution in [3.8, 4) is 0 Å². The average Bonchev–Trinajstić information content (AvgIpc) is 3.27. The first-order valence-electron chi connectivity index (χ1n) is 10.3. The molecule has 0 aliphatic carbocycles. The van der Waals surface area contributed by atoms with Crippen molar-refractivity contribution in [2.24, 2.45) is 11.7 Å². The van der Waals surface area contributed by atoms with Crippen LogP contribution in [0.2, 0.25) is 0 Å². The third-order valence-corrected chi connectivity index (χ3v) is 10.7. The van der Waals surface area contributed by atoms with E-state index in [1.807, 2.05) is 6.92 Å². The van der Waals surface area contributed by atoms with E-state index in [1.54, 1.807) is 35.2 Å². The first-order valence-corrected chi connectivity index (χ1v) is 14.1. The Balaban J connectivity index is 1.82. The minimum absolute atomic E-state index is 0.0373. The van der Waals surface area contributed by atoms with Crippen molar-refractivity contribution in [1.82, 2.24) is 4.98 Å². The molecule has 1 saturated heterocycles. The van der Waals surface area contributed by atoms with Crippen LogP contribution < -0.4 is 10.6 Å². The van der Waals surface area contributed by atoms with Crippen LogP contribution >= 0.6 is 11.3 Å². The molecule has 0 bridgehead atoms. The molecule has 11 heteroatoms. The van der Waals surface area contributed by atoms with Crippen LogP contribution in [0.1, 0.15) is 18.4 Å². The van der Waals surface area contributed by atoms with E-state index in [-0.39, 0.29) is 30.1 Å². The van der Waals surface area contributed by atoms with Crippen molar-refractivity contribution in [2.45, 2.75) is 38.9 Å². The molecule has 174 valence electrons. The van der Waals surface area contributed by atoms with Crippen LogP contribution in [0.25, 0.3) is 0 Å². The third-order valence-electron chi connectivity index (χ3n) is 5.61. The summed E-state index contributed by atoms with van der Waals surface area (Å²) in [6, 6.07) is 14.1. The first-order chi connectivity index (χ1) is 15.6. The third kappa shape index (κ3) is 4.53. The summed E-state index contributed by atoms with van der Waals surface area (Å²) >= 11 is 0.834. The van der Waals surface area contributed by atoms with E-state index in [9.17, 15) is 21.6 Å². The quantitative estimate of drug-likeness (QED) is 0.546. The number of aryl methyl sites for hydroxylation is 1. The topological polar surface area (TPSA) is 127 Å². The fourth-order valence-electron chi connectivity index (χ4n) is 3.67. The van der Waals surface area contributed by atoms with Crippen LogP contribution in [0.15, 0.2) is 73.8 Å². The number of aromatic nitrogens is 1. The molecule has 4 rings (SSSR count). The molecule has 1 fully saturated rings. The fourth-order valence-corrected chi connectivity index (χ4v) is 8.16. The molecule has 0 radical (unpaired) electrons. The lowest BCUT2D eigenvalue weighted by molar-refractivity contribution is -0.122. The van der Waals surface area contributed by atoms with Gasteiger partial charge in [-0.15, -0.1) is 0 Å². The summed E-state index contributed by atoms with van der Waals surface area (Å²) in [7, 11) is -8.10. The number of primary amides is 1. The van der Waals surface area contributed by atoms with Crippen molar-refractivity contribution in [3.05, 3.63) is 60.2 Å². The number of nitrogens with zero attached hydrogens (tertiary/aromatic N) is 2. The number of hydrogen-bond acceptors (Lipinski definition) is 8. The molecule has 2 heterocycles. The van der Waals surface area contributed by atoms with Gasteiger partial charge in [0.05, 0.1) is 9.79 Å². The van der Waals surface area contributed by atoms with Gasteiger partial charge in [0.2, 0.25) is 29.9 Å². The maximum atomic E-state index is 13.5. The molecule has 1 aromatic heterocycles. The summed E-state index contributed by atoms with van der Waals surface area (Å²) in [5, 5.41) is -0.0311. The SMILES string of the molecule is Cc1ccc(S(=O)(=O)c2nc(S(=O)(=O)c3ccccc3)sc2N2CCC(C(N)=O)CC2)cc1. The number of sulfone groups is 2. The van der Waals surface area contributed by atoms with Crippen LogP contribution in [-0.2, 0) is 24.5 Å². The molecule has 1 aliphatic heterocycles. The zero-order valence-electron chi connectivity index (χ0n) is 17.8. The van der Waals surface area contributed by atoms with E-state index in [0.717, 1.165) is 16.9 Å². The second kappa shape index (κ2) is 8.88. The van der Waals surface area contributed by atoms with E-state index >= 15 is 0 Å². The molecule has 0 saturated carbocycles. The number of anilines is 1. The number of thiazole rings is 1. The number of carbonyl (C=O) groups is 1. The number of carbonyl (C=O) groups excluding carboxylic acids is 1. The highest BCUT2D eigenvalue weighted by Gasteiger charge is 2.35. The molecular formula is C22H23N3O5S3. The Morgan fingerprint density at radius 3 is 2.09 bits per heavy atom. The normalized spacial score (nSPS) is 15.5. The smallest absolute Gasteiger partial charge is 0.233 e. The van der Waals surface area contributed by atoms with Gasteiger partial charge in [0.25, 0.3) is 0 Å². The first kappa shape index (κ1) is 23.4. The molecule has 2 aromatic carbocycles. The summed E-state index contributed by atoms with van der Waals surface area (Å²) in [4.78, 5) is 17.6. The standard InChI is InChI=1S/C22H23N3O5S3/c1-15-7-9-18(10-8-15)32(27,28)20-21(25-13-11-16(12-14-25)19(23)26)31-22(24-20)33(29,30)17-5-3-2-4-6-17/h2-10,16H,11-14H2,1H3,(H2,23,26). The van der Waals surface area contributed by atoms with E-state index in [0.29, 0.717) is 25.9 Å². The van der Waals surface area contributed by atoms with Crippen molar-refractivity contribution in [2.75, 3.05) is 18.0 Å². The van der Waals surface area contributed by atoms with E-state index < -0.39 is 25.6 Å². The van der Waals surface area contributed by atoms with Gasteiger partial charge in [-0.1, -0.05) is 47.2 Å². The van der Waals surface area contributed by atoms with Crippen molar-refractivity contribution >= 4 is 41.9 Å². The van der Waals surface area contributed by atoms with Crippen LogP contribution in [-0.4, -0.2) is 40.8 Å². The van der Waals surface area contributed by atoms with Gasteiger partial charge in [0, 0.05) is 19.0 Å². The predicted octanol–water partition coefficient (Wildman–Crippen LogP) is 2.82. The lowest BCUT2D eigenvalue weighted by Gasteiger charge is -2.31. The van der Waals surface area contributed by atoms with E-state index in [1.165, 1.54) is 24.3 Å². The zero-order chi connectivity index (χ0) is 23.8. The predicted molar refractivity (Wildman–Crippen MR) is 125 cm³/mol. The number of hydrogen-bond donors (Lipinski definition) is 1. The summed E-state index contributed by atoms with van der Waals surface area (Å²) in [6.07, 6.45) is 0.913. The fraction of sp³-hybridized carbons (Fsp3) is 0.273. The molecule has 1 aliphatic rings. The van der Waals surface area contributed by atoms with Crippen LogP contribution in [0.3, 0.4) is 0 Å². The maximum Gasteiger partial charge on any atom is 0.233 e. The van der Waals surface area contributed by atoms with Crippen molar-refractivity contribution in [1.29, 1.82) is 0 Å². The Morgan fingerprint density at radius 2 is 1.52 bits per heavy atom. The Morgan fingerprint density at radius 1 is 0.939 bits per heavy atom. The Bertz CT molecular complexity index is 1370. The second-order valence-electron chi connectivity index (χ2n) is 7.89. The largest absolute Gasteiger partial charge is 0.369 e. The van der Waals surface area contributed by atoms with Gasteiger partial charge in [-0.2, -0.15) is 0 Å². The maximum absolute atomic E-state index is 13.5. The summed E-state index contributed by atoms with van der Waals surface area (Å²) < 4.78 is 53.1. The average molecular weight is 506 g/mol. The molecule has 8 nitrogen and oxygen atoms in total. The molecule has 33 heavy (non-hydrogen) atoms. The van der Waals surface area contributed by atoms with Crippen LogP contribution in [0, 0.1) is 12.8 Å². The lowest BCUT2D eigenvalue weighted by Crippen LogP contribution is -2.38. The highest BCUT2D eigenvalue weighted by atomic mass is 32.2. The summed E-state index contributed by atoms with van der Waals surface area (Å²) in [6.45, 7) is 2.59. The molecule has 2 N–H and O–H groups in total. The molecular weight excluding hydrogens is 482 g/mol. The van der Waals surface area contributed by atoms with Gasteiger partial charge in [0.15, 0.2) is 5.03 Å². The minimum atomic E-state index is -4.09. The van der Waals surface area contributed by atoms with Crippen molar-refractivity contribution in [3.63, 3.8) is 0 Å². The van der Waals surface area contributed by atoms with E-state index in [4.69, 9.17) is 5.73 Å². The van der Waals surface area contributed by atoms with Gasteiger partial charge >= 0.3 is 0 Å². The minimum Gasteiger partial charge on any atom is -0.369 e. The summed E-state index contributed by atoms with van der Waals surface area (Å²) in [5.74, 6) is -0.683. The second-order valence-corrected chi connectivity index (χ2v) is 12.9.